The molecular weight excluding hydrogens is 366 g/mol. The van der Waals surface area contributed by atoms with Crippen LogP contribution in [-0.2, 0) is 22.3 Å². The van der Waals surface area contributed by atoms with E-state index in [1.165, 1.54) is 18.4 Å². The summed E-state index contributed by atoms with van der Waals surface area (Å²) < 4.78 is 15.7. The minimum Gasteiger partial charge on any atom is -0.491 e. The van der Waals surface area contributed by atoms with Gasteiger partial charge in [-0.2, -0.15) is 0 Å². The normalized spacial score (nSPS) is 12.5. The van der Waals surface area contributed by atoms with Gasteiger partial charge in [-0.3, -0.25) is 4.79 Å². The minimum absolute atomic E-state index is 0.263. The second-order valence-electron chi connectivity index (χ2n) is 6.08. The maximum atomic E-state index is 12.6. The molecule has 3 rings (SSSR count). The van der Waals surface area contributed by atoms with Crippen LogP contribution in [0.1, 0.15) is 44.5 Å². The summed E-state index contributed by atoms with van der Waals surface area (Å²) in [6, 6.07) is 6.89. The summed E-state index contributed by atoms with van der Waals surface area (Å²) in [6.45, 7) is 3.57. The average Bonchev–Trinajstić information content (AvgIpc) is 3.26. The Morgan fingerprint density at radius 2 is 1.93 bits per heavy atom. The quantitative estimate of drug-likeness (QED) is 0.551. The molecule has 1 aliphatic carbocycles. The van der Waals surface area contributed by atoms with Crippen molar-refractivity contribution in [2.45, 2.75) is 26.2 Å². The molecule has 0 saturated heterocycles. The zero-order valence-electron chi connectivity index (χ0n) is 15.5. The molecule has 0 spiro atoms. The van der Waals surface area contributed by atoms with Crippen LogP contribution in [0.2, 0.25) is 0 Å². The Labute approximate surface area is 162 Å². The van der Waals surface area contributed by atoms with Gasteiger partial charge in [0.25, 0.3) is 5.91 Å². The molecule has 1 N–H and O–H groups in total. The van der Waals surface area contributed by atoms with E-state index in [0.717, 1.165) is 29.7 Å². The first-order chi connectivity index (χ1) is 13.1. The van der Waals surface area contributed by atoms with Crippen LogP contribution in [0.5, 0.6) is 5.75 Å². The van der Waals surface area contributed by atoms with Crippen molar-refractivity contribution < 1.29 is 23.8 Å². The molecule has 2 aromatic rings. The second kappa shape index (κ2) is 9.01. The smallest absolute Gasteiger partial charge is 0.341 e. The van der Waals surface area contributed by atoms with E-state index in [-0.39, 0.29) is 5.91 Å². The Kier molecular flexibility index (Phi) is 6.47. The number of carbonyl (C=O) groups excluding carboxylic acids is 2. The van der Waals surface area contributed by atoms with Gasteiger partial charge in [0.05, 0.1) is 19.3 Å². The molecule has 6 nitrogen and oxygen atoms in total. The van der Waals surface area contributed by atoms with Crippen LogP contribution in [0.3, 0.4) is 0 Å². The molecule has 0 saturated carbocycles. The third-order valence-electron chi connectivity index (χ3n) is 4.35. The van der Waals surface area contributed by atoms with Gasteiger partial charge in [-0.05, 0) is 56.0 Å². The first kappa shape index (κ1) is 19.4. The fourth-order valence-corrected chi connectivity index (χ4v) is 4.32. The van der Waals surface area contributed by atoms with Crippen molar-refractivity contribution in [2.75, 3.05) is 32.2 Å². The number of fused-ring (bicyclic) bond motifs is 1. The Hall–Kier alpha value is -2.38. The summed E-state index contributed by atoms with van der Waals surface area (Å²) in [7, 11) is 1.36. The topological polar surface area (TPSA) is 73.9 Å². The van der Waals surface area contributed by atoms with Crippen LogP contribution in [-0.4, -0.2) is 38.8 Å². The first-order valence-corrected chi connectivity index (χ1v) is 9.80. The van der Waals surface area contributed by atoms with Crippen LogP contribution in [0.15, 0.2) is 24.3 Å². The van der Waals surface area contributed by atoms with Gasteiger partial charge in [-0.1, -0.05) is 0 Å². The second-order valence-corrected chi connectivity index (χ2v) is 7.18. The molecule has 0 unspecified atom stereocenters. The van der Waals surface area contributed by atoms with E-state index >= 15 is 0 Å². The lowest BCUT2D eigenvalue weighted by Crippen LogP contribution is -2.14. The third kappa shape index (κ3) is 4.48. The zero-order valence-corrected chi connectivity index (χ0v) is 16.3. The summed E-state index contributed by atoms with van der Waals surface area (Å²) >= 11 is 1.46. The van der Waals surface area contributed by atoms with Crippen molar-refractivity contribution in [3.05, 3.63) is 45.8 Å². The number of methoxy groups -OCH3 is 1. The van der Waals surface area contributed by atoms with Crippen LogP contribution < -0.4 is 10.1 Å². The first-order valence-electron chi connectivity index (χ1n) is 8.98. The Morgan fingerprint density at radius 1 is 1.15 bits per heavy atom. The Balaban J connectivity index is 1.68. The lowest BCUT2D eigenvalue weighted by atomic mass is 10.1. The molecular formula is C20H23NO5S. The Morgan fingerprint density at radius 3 is 2.63 bits per heavy atom. The van der Waals surface area contributed by atoms with Crippen LogP contribution >= 0.6 is 11.3 Å². The predicted molar refractivity (Wildman–Crippen MR) is 104 cm³/mol. The number of carbonyl (C=O) groups is 2. The number of aryl methyl sites for hydroxylation is 1. The number of thiophene rings is 1. The highest BCUT2D eigenvalue weighted by Gasteiger charge is 2.28. The number of anilines is 1. The van der Waals surface area contributed by atoms with E-state index in [0.29, 0.717) is 41.7 Å². The largest absolute Gasteiger partial charge is 0.491 e. The van der Waals surface area contributed by atoms with Crippen LogP contribution in [0.25, 0.3) is 0 Å². The highest BCUT2D eigenvalue weighted by Crippen LogP contribution is 2.39. The number of hydrogen-bond donors (Lipinski definition) is 1. The highest BCUT2D eigenvalue weighted by atomic mass is 32.1. The predicted octanol–water partition coefficient (Wildman–Crippen LogP) is 3.69. The SMILES string of the molecule is CCOCCOc1ccc(C(=O)Nc2sc3c(c2C(=O)OC)CCC3)cc1. The van der Waals surface area contributed by atoms with E-state index in [2.05, 4.69) is 5.32 Å². The highest BCUT2D eigenvalue weighted by molar-refractivity contribution is 7.17. The van der Waals surface area contributed by atoms with Crippen molar-refractivity contribution in [1.29, 1.82) is 0 Å². The lowest BCUT2D eigenvalue weighted by molar-refractivity contribution is 0.0601. The van der Waals surface area contributed by atoms with E-state index in [1.54, 1.807) is 24.3 Å². The third-order valence-corrected chi connectivity index (χ3v) is 5.56. The number of benzene rings is 1. The number of esters is 1. The van der Waals surface area contributed by atoms with Crippen molar-refractivity contribution in [1.82, 2.24) is 0 Å². The zero-order chi connectivity index (χ0) is 19.2. The van der Waals surface area contributed by atoms with Gasteiger partial charge in [0.1, 0.15) is 17.4 Å². The average molecular weight is 389 g/mol. The standard InChI is InChI=1S/C20H23NO5S/c1-3-25-11-12-26-14-9-7-13(8-10-14)18(22)21-19-17(20(23)24-2)15-5-4-6-16(15)27-19/h7-10H,3-6,11-12H2,1-2H3,(H,21,22). The molecule has 0 radical (unpaired) electrons. The van der Waals surface area contributed by atoms with Gasteiger partial charge in [0.2, 0.25) is 0 Å². The van der Waals surface area contributed by atoms with Gasteiger partial charge in [0.15, 0.2) is 0 Å². The van der Waals surface area contributed by atoms with Crippen molar-refractivity contribution in [3.63, 3.8) is 0 Å². The maximum absolute atomic E-state index is 12.6. The summed E-state index contributed by atoms with van der Waals surface area (Å²) in [5.41, 5.74) is 2.01. The number of hydrogen-bond acceptors (Lipinski definition) is 6. The molecule has 144 valence electrons. The van der Waals surface area contributed by atoms with Crippen molar-refractivity contribution in [2.24, 2.45) is 0 Å². The molecule has 1 aromatic heterocycles. The van der Waals surface area contributed by atoms with Crippen molar-refractivity contribution in [3.8, 4) is 5.75 Å². The van der Waals surface area contributed by atoms with Gasteiger partial charge in [-0.25, -0.2) is 4.79 Å². The molecule has 1 heterocycles. The number of nitrogens with one attached hydrogen (secondary N) is 1. The molecule has 1 aliphatic rings. The van der Waals surface area contributed by atoms with Gasteiger partial charge in [-0.15, -0.1) is 11.3 Å². The van der Waals surface area contributed by atoms with Crippen molar-refractivity contribution >= 4 is 28.2 Å². The number of rotatable bonds is 8. The van der Waals surface area contributed by atoms with E-state index in [4.69, 9.17) is 14.2 Å². The van der Waals surface area contributed by atoms with E-state index in [1.807, 2.05) is 6.92 Å². The molecule has 1 aromatic carbocycles. The van der Waals surface area contributed by atoms with Gasteiger partial charge >= 0.3 is 5.97 Å². The number of ether oxygens (including phenoxy) is 3. The fourth-order valence-electron chi connectivity index (χ4n) is 3.05. The molecule has 0 atom stereocenters. The monoisotopic (exact) mass is 389 g/mol. The molecule has 7 heteroatoms. The fraction of sp³-hybridized carbons (Fsp3) is 0.400. The summed E-state index contributed by atoms with van der Waals surface area (Å²) in [4.78, 5) is 25.9. The Bertz CT molecular complexity index is 813. The van der Waals surface area contributed by atoms with E-state index < -0.39 is 5.97 Å². The molecule has 0 aliphatic heterocycles. The summed E-state index contributed by atoms with van der Waals surface area (Å²) in [5.74, 6) is 0.0142. The maximum Gasteiger partial charge on any atom is 0.341 e. The van der Waals surface area contributed by atoms with E-state index in [9.17, 15) is 9.59 Å². The molecule has 1 amide bonds. The van der Waals surface area contributed by atoms with Gasteiger partial charge in [0, 0.05) is 17.0 Å². The summed E-state index contributed by atoms with van der Waals surface area (Å²) in [5, 5.41) is 3.43. The van der Waals surface area contributed by atoms with Crippen LogP contribution in [0.4, 0.5) is 5.00 Å². The minimum atomic E-state index is -0.400. The number of amides is 1. The summed E-state index contributed by atoms with van der Waals surface area (Å²) in [6.07, 6.45) is 2.82. The van der Waals surface area contributed by atoms with Crippen LogP contribution in [0, 0.1) is 0 Å². The lowest BCUT2D eigenvalue weighted by Gasteiger charge is -2.09. The molecule has 0 fully saturated rings. The van der Waals surface area contributed by atoms with Gasteiger partial charge < -0.3 is 19.5 Å². The molecule has 0 bridgehead atoms. The molecule has 27 heavy (non-hydrogen) atoms.